The summed E-state index contributed by atoms with van der Waals surface area (Å²) in [6.45, 7) is 9.08. The zero-order valence-corrected chi connectivity index (χ0v) is 16.4. The fourth-order valence-corrected chi connectivity index (χ4v) is 3.32. The Labute approximate surface area is 161 Å². The van der Waals surface area contributed by atoms with Gasteiger partial charge in [0.2, 0.25) is 0 Å². The van der Waals surface area contributed by atoms with Crippen molar-refractivity contribution in [3.63, 3.8) is 0 Å². The van der Waals surface area contributed by atoms with E-state index in [1.807, 2.05) is 74.2 Å². The number of carbonyl (C=O) groups is 1. The zero-order valence-electron chi connectivity index (χ0n) is 16.4. The van der Waals surface area contributed by atoms with Crippen LogP contribution in [0.25, 0.3) is 0 Å². The van der Waals surface area contributed by atoms with Crippen molar-refractivity contribution in [1.82, 2.24) is 10.2 Å². The SMILES string of the molecule is CC(C)Oc1ccccc1N1CCN(C(=O)NC(C)c2ccccc2)CC1. The maximum absolute atomic E-state index is 12.6. The number of nitrogens with one attached hydrogen (secondary N) is 1. The van der Waals surface area contributed by atoms with Gasteiger partial charge in [-0.15, -0.1) is 0 Å². The lowest BCUT2D eigenvalue weighted by Gasteiger charge is -2.37. The van der Waals surface area contributed by atoms with Crippen LogP contribution in [0.5, 0.6) is 5.75 Å². The highest BCUT2D eigenvalue weighted by Crippen LogP contribution is 2.29. The molecule has 0 aliphatic carbocycles. The summed E-state index contributed by atoms with van der Waals surface area (Å²) >= 11 is 0. The smallest absolute Gasteiger partial charge is 0.317 e. The minimum atomic E-state index is -0.00287. The summed E-state index contributed by atoms with van der Waals surface area (Å²) in [5, 5.41) is 3.10. The van der Waals surface area contributed by atoms with Crippen LogP contribution in [-0.4, -0.2) is 43.2 Å². The normalized spacial score (nSPS) is 15.6. The Balaban J connectivity index is 1.57. The molecule has 0 spiro atoms. The first-order chi connectivity index (χ1) is 13.0. The van der Waals surface area contributed by atoms with E-state index in [0.29, 0.717) is 13.1 Å². The highest BCUT2D eigenvalue weighted by molar-refractivity contribution is 5.75. The van der Waals surface area contributed by atoms with Gasteiger partial charge in [-0.3, -0.25) is 0 Å². The van der Waals surface area contributed by atoms with Crippen LogP contribution in [-0.2, 0) is 0 Å². The van der Waals surface area contributed by atoms with Gasteiger partial charge in [-0.2, -0.15) is 0 Å². The van der Waals surface area contributed by atoms with Gasteiger partial charge < -0.3 is 19.9 Å². The molecular weight excluding hydrogens is 338 g/mol. The Kier molecular flexibility index (Phi) is 6.22. The van der Waals surface area contributed by atoms with E-state index in [0.717, 1.165) is 30.1 Å². The number of amides is 2. The third-order valence-corrected chi connectivity index (χ3v) is 4.78. The molecule has 1 saturated heterocycles. The molecule has 2 amide bonds. The minimum Gasteiger partial charge on any atom is -0.489 e. The third-order valence-electron chi connectivity index (χ3n) is 4.78. The summed E-state index contributed by atoms with van der Waals surface area (Å²) < 4.78 is 5.94. The molecule has 0 aromatic heterocycles. The minimum absolute atomic E-state index is 0.00211. The average molecular weight is 367 g/mol. The van der Waals surface area contributed by atoms with Crippen molar-refractivity contribution < 1.29 is 9.53 Å². The first-order valence-electron chi connectivity index (χ1n) is 9.65. The van der Waals surface area contributed by atoms with Crippen molar-refractivity contribution in [3.05, 3.63) is 60.2 Å². The molecule has 0 saturated carbocycles. The molecule has 2 aromatic rings. The number of urea groups is 1. The van der Waals surface area contributed by atoms with Gasteiger partial charge in [0, 0.05) is 26.2 Å². The topological polar surface area (TPSA) is 44.8 Å². The molecule has 1 N–H and O–H groups in total. The van der Waals surface area contributed by atoms with Crippen LogP contribution in [0.15, 0.2) is 54.6 Å². The number of carbonyl (C=O) groups excluding carboxylic acids is 1. The number of hydrogen-bond acceptors (Lipinski definition) is 3. The number of hydrogen-bond donors (Lipinski definition) is 1. The van der Waals surface area contributed by atoms with E-state index in [1.165, 1.54) is 0 Å². The van der Waals surface area contributed by atoms with Crippen molar-refractivity contribution in [2.24, 2.45) is 0 Å². The lowest BCUT2D eigenvalue weighted by molar-refractivity contribution is 0.191. The van der Waals surface area contributed by atoms with Crippen LogP contribution in [0.4, 0.5) is 10.5 Å². The molecule has 2 aromatic carbocycles. The largest absolute Gasteiger partial charge is 0.489 e. The predicted molar refractivity (Wildman–Crippen MR) is 109 cm³/mol. The number of anilines is 1. The van der Waals surface area contributed by atoms with Crippen LogP contribution in [0.3, 0.4) is 0 Å². The Bertz CT molecular complexity index is 740. The highest BCUT2D eigenvalue weighted by Gasteiger charge is 2.24. The molecule has 1 aliphatic rings. The fourth-order valence-electron chi connectivity index (χ4n) is 3.32. The summed E-state index contributed by atoms with van der Waals surface area (Å²) in [7, 11) is 0. The molecule has 1 unspecified atom stereocenters. The van der Waals surface area contributed by atoms with Crippen molar-refractivity contribution >= 4 is 11.7 Å². The van der Waals surface area contributed by atoms with Crippen molar-refractivity contribution in [2.75, 3.05) is 31.1 Å². The molecule has 1 aliphatic heterocycles. The second-order valence-corrected chi connectivity index (χ2v) is 7.19. The highest BCUT2D eigenvalue weighted by atomic mass is 16.5. The Morgan fingerprint density at radius 3 is 2.22 bits per heavy atom. The average Bonchev–Trinajstić information content (AvgIpc) is 2.69. The molecule has 1 heterocycles. The van der Waals surface area contributed by atoms with E-state index >= 15 is 0 Å². The van der Waals surface area contributed by atoms with Gasteiger partial charge in [-0.05, 0) is 38.5 Å². The van der Waals surface area contributed by atoms with E-state index in [9.17, 15) is 4.79 Å². The molecule has 0 bridgehead atoms. The number of benzene rings is 2. The van der Waals surface area contributed by atoms with Gasteiger partial charge >= 0.3 is 6.03 Å². The third kappa shape index (κ3) is 4.94. The number of ether oxygens (including phenoxy) is 1. The van der Waals surface area contributed by atoms with Gasteiger partial charge in [-0.1, -0.05) is 42.5 Å². The van der Waals surface area contributed by atoms with Gasteiger partial charge in [0.15, 0.2) is 0 Å². The van der Waals surface area contributed by atoms with E-state index in [1.54, 1.807) is 0 Å². The van der Waals surface area contributed by atoms with Crippen molar-refractivity contribution in [2.45, 2.75) is 32.9 Å². The quantitative estimate of drug-likeness (QED) is 0.866. The van der Waals surface area contributed by atoms with Crippen LogP contribution >= 0.6 is 0 Å². The second kappa shape index (κ2) is 8.80. The summed E-state index contributed by atoms with van der Waals surface area (Å²) in [6, 6.07) is 18.2. The van der Waals surface area contributed by atoms with Crippen LogP contribution in [0.2, 0.25) is 0 Å². The maximum atomic E-state index is 12.6. The lowest BCUT2D eigenvalue weighted by atomic mass is 10.1. The van der Waals surface area contributed by atoms with Crippen LogP contribution < -0.4 is 15.0 Å². The van der Waals surface area contributed by atoms with E-state index < -0.39 is 0 Å². The zero-order chi connectivity index (χ0) is 19.2. The summed E-state index contributed by atoms with van der Waals surface area (Å²) in [4.78, 5) is 16.8. The second-order valence-electron chi connectivity index (χ2n) is 7.19. The summed E-state index contributed by atoms with van der Waals surface area (Å²) in [6.07, 6.45) is 0.137. The molecular formula is C22H29N3O2. The van der Waals surface area contributed by atoms with Gasteiger partial charge in [0.1, 0.15) is 5.75 Å². The Hall–Kier alpha value is -2.69. The van der Waals surface area contributed by atoms with Crippen molar-refractivity contribution in [1.29, 1.82) is 0 Å². The molecule has 27 heavy (non-hydrogen) atoms. The van der Waals surface area contributed by atoms with E-state index in [2.05, 4.69) is 16.3 Å². The van der Waals surface area contributed by atoms with Crippen LogP contribution in [0, 0.1) is 0 Å². The molecule has 1 atom stereocenters. The molecule has 5 nitrogen and oxygen atoms in total. The Morgan fingerprint density at radius 2 is 1.56 bits per heavy atom. The molecule has 0 radical (unpaired) electrons. The number of rotatable bonds is 5. The lowest BCUT2D eigenvalue weighted by Crippen LogP contribution is -2.52. The first kappa shape index (κ1) is 19.1. The number of nitrogens with zero attached hydrogens (tertiary/aromatic N) is 2. The van der Waals surface area contributed by atoms with E-state index in [4.69, 9.17) is 4.74 Å². The maximum Gasteiger partial charge on any atom is 0.317 e. The molecule has 144 valence electrons. The fraction of sp³-hybridized carbons (Fsp3) is 0.409. The van der Waals surface area contributed by atoms with Crippen LogP contribution in [0.1, 0.15) is 32.4 Å². The number of piperazine rings is 1. The molecule has 5 heteroatoms. The molecule has 1 fully saturated rings. The van der Waals surface area contributed by atoms with Gasteiger partial charge in [0.25, 0.3) is 0 Å². The van der Waals surface area contributed by atoms with E-state index in [-0.39, 0.29) is 18.2 Å². The standard InChI is InChI=1S/C22H29N3O2/c1-17(2)27-21-12-8-7-11-20(21)24-13-15-25(16-14-24)22(26)23-18(3)19-9-5-4-6-10-19/h4-12,17-18H,13-16H2,1-3H3,(H,23,26). The molecule has 3 rings (SSSR count). The monoisotopic (exact) mass is 367 g/mol. The van der Waals surface area contributed by atoms with Gasteiger partial charge in [0.05, 0.1) is 17.8 Å². The first-order valence-corrected chi connectivity index (χ1v) is 9.65. The van der Waals surface area contributed by atoms with Crippen molar-refractivity contribution in [3.8, 4) is 5.75 Å². The van der Waals surface area contributed by atoms with Gasteiger partial charge in [-0.25, -0.2) is 4.79 Å². The summed E-state index contributed by atoms with van der Waals surface area (Å²) in [5.74, 6) is 0.906. The Morgan fingerprint density at radius 1 is 0.926 bits per heavy atom. The number of para-hydroxylation sites is 2. The summed E-state index contributed by atoms with van der Waals surface area (Å²) in [5.41, 5.74) is 2.22. The predicted octanol–water partition coefficient (Wildman–Crippen LogP) is 4.07.